The summed E-state index contributed by atoms with van der Waals surface area (Å²) in [5.41, 5.74) is 7.31. The highest BCUT2D eigenvalue weighted by atomic mass is 19.4. The Morgan fingerprint density at radius 2 is 1.42 bits per heavy atom. The van der Waals surface area contributed by atoms with Crippen LogP contribution < -0.4 is 37.5 Å². The molecule has 0 fully saturated rings. The molecule has 2 aromatic heterocycles. The van der Waals surface area contributed by atoms with E-state index in [0.717, 1.165) is 70.6 Å². The molecule has 3 atom stereocenters. The summed E-state index contributed by atoms with van der Waals surface area (Å²) >= 11 is 0. The molecule has 8 rings (SSSR count). The number of nitrogens with one attached hydrogen (secondary N) is 5. The number of anilines is 2. The Morgan fingerprint density at radius 3 is 2.08 bits per heavy atom. The van der Waals surface area contributed by atoms with Crippen molar-refractivity contribution in [2.75, 3.05) is 30.9 Å². The molecule has 0 spiro atoms. The number of alkyl halides is 3. The normalized spacial score (nSPS) is 13.1. The molecule has 0 unspecified atom stereocenters. The molecule has 5 aromatic carbocycles. The summed E-state index contributed by atoms with van der Waals surface area (Å²) in [7, 11) is 1.10. The van der Waals surface area contributed by atoms with Gasteiger partial charge in [-0.15, -0.1) is 0 Å². The minimum atomic E-state index is -5.34. The van der Waals surface area contributed by atoms with Gasteiger partial charge in [-0.3, -0.25) is 33.9 Å². The first-order valence-electron chi connectivity index (χ1n) is 26.3. The van der Waals surface area contributed by atoms with Crippen molar-refractivity contribution in [2.45, 2.75) is 95.2 Å². The summed E-state index contributed by atoms with van der Waals surface area (Å²) in [5.74, 6) is -6.81. The number of halogens is 3. The maximum absolute atomic E-state index is 14.4. The first-order valence-corrected chi connectivity index (χ1v) is 26.3. The highest BCUT2D eigenvalue weighted by Gasteiger charge is 2.43. The number of nitrogens with two attached hydrogens (primary N) is 1. The third kappa shape index (κ3) is 15.2. The van der Waals surface area contributed by atoms with E-state index >= 15 is 0 Å². The summed E-state index contributed by atoms with van der Waals surface area (Å²) in [6, 6.07) is 29.3. The van der Waals surface area contributed by atoms with Gasteiger partial charge in [0, 0.05) is 30.1 Å². The summed E-state index contributed by atoms with van der Waals surface area (Å²) in [4.78, 5) is 121. The second kappa shape index (κ2) is 25.8. The fourth-order valence-corrected chi connectivity index (χ4v) is 9.46. The molecule has 432 valence electrons. The molecule has 7 aromatic rings. The van der Waals surface area contributed by atoms with Crippen molar-refractivity contribution in [1.82, 2.24) is 41.2 Å². The maximum atomic E-state index is 14.4. The number of hydrogen-bond acceptors (Lipinski definition) is 15. The number of aromatic amines is 1. The Bertz CT molecular complexity index is 3600. The van der Waals surface area contributed by atoms with Crippen LogP contribution in [0.2, 0.25) is 0 Å². The van der Waals surface area contributed by atoms with Crippen LogP contribution in [0.1, 0.15) is 85.1 Å². The fourth-order valence-electron chi connectivity index (χ4n) is 9.46. The molecule has 21 nitrogen and oxygen atoms in total. The van der Waals surface area contributed by atoms with Crippen LogP contribution in [-0.4, -0.2) is 112 Å². The van der Waals surface area contributed by atoms with Crippen molar-refractivity contribution in [3.8, 4) is 11.1 Å². The number of H-pyrrole nitrogens is 1. The van der Waals surface area contributed by atoms with E-state index in [0.29, 0.717) is 10.5 Å². The number of benzene rings is 5. The standard InChI is InChI=1S/C59H59F3N10O11/c1-58(2,3)83-54(78)46(68-51(75)45(28-33-20-21-34-13-5-6-14-36(34)27-33)69-57(80)82-32-43-41-17-9-7-15-39(41)40-16-8-10-18-42(40)43)29-47(73)64-26-12-11-19-44(53(77)81-4)67-50(74)35-22-24-38(25-23-35)72(55(79)59(60,61)62)31-37-30-65-49-48(66-37)52(76)71-56(63)70-49/h5-10,13-18,20-25,27,30,43-46H,11-12,19,26,28-29,31-32H2,1-4H3,(H,64,73)(H,67,74)(H,68,75)(H,69,80)(H3,63,65,70,71,76)/t44-,45-,46-/m0/s1. The van der Waals surface area contributed by atoms with Gasteiger partial charge in [0.05, 0.1) is 32.0 Å². The van der Waals surface area contributed by atoms with Crippen LogP contribution >= 0.6 is 0 Å². The summed E-state index contributed by atoms with van der Waals surface area (Å²) < 4.78 is 57.9. The van der Waals surface area contributed by atoms with E-state index in [9.17, 15) is 51.5 Å². The van der Waals surface area contributed by atoms with Crippen molar-refractivity contribution >= 4 is 75.2 Å². The van der Waals surface area contributed by atoms with Gasteiger partial charge in [-0.2, -0.15) is 18.2 Å². The lowest BCUT2D eigenvalue weighted by Gasteiger charge is -2.26. The zero-order valence-electron chi connectivity index (χ0n) is 45.5. The quantitative estimate of drug-likeness (QED) is 0.0255. The second-order valence-corrected chi connectivity index (χ2v) is 20.5. The van der Waals surface area contributed by atoms with Crippen LogP contribution in [0.15, 0.2) is 126 Å². The van der Waals surface area contributed by atoms with Gasteiger partial charge in [0.25, 0.3) is 11.5 Å². The van der Waals surface area contributed by atoms with Crippen LogP contribution in [0.5, 0.6) is 0 Å². The van der Waals surface area contributed by atoms with Crippen LogP contribution in [0.4, 0.5) is 29.6 Å². The number of hydrogen-bond donors (Lipinski definition) is 6. The topological polar surface area (TPSA) is 296 Å². The molecule has 0 aliphatic heterocycles. The van der Waals surface area contributed by atoms with E-state index in [1.54, 1.807) is 20.8 Å². The van der Waals surface area contributed by atoms with Gasteiger partial charge in [0.2, 0.25) is 17.8 Å². The highest BCUT2D eigenvalue weighted by Crippen LogP contribution is 2.44. The van der Waals surface area contributed by atoms with Crippen molar-refractivity contribution in [3.05, 3.63) is 160 Å². The Hall–Kier alpha value is -9.74. The van der Waals surface area contributed by atoms with Crippen LogP contribution in [0.25, 0.3) is 33.1 Å². The van der Waals surface area contributed by atoms with Crippen molar-refractivity contribution in [1.29, 1.82) is 0 Å². The van der Waals surface area contributed by atoms with E-state index in [1.807, 2.05) is 91.0 Å². The monoisotopic (exact) mass is 1140 g/mol. The maximum Gasteiger partial charge on any atom is 0.471 e. The Balaban J connectivity index is 0.881. The number of unbranched alkanes of at least 4 members (excludes halogenated alkanes) is 1. The number of fused-ring (bicyclic) bond motifs is 5. The number of aromatic nitrogens is 4. The predicted molar refractivity (Wildman–Crippen MR) is 298 cm³/mol. The first-order chi connectivity index (χ1) is 39.5. The van der Waals surface area contributed by atoms with Gasteiger partial charge in [0.1, 0.15) is 30.3 Å². The number of amides is 5. The second-order valence-electron chi connectivity index (χ2n) is 20.5. The number of nitrogen functional groups attached to an aromatic ring is 1. The third-order valence-corrected chi connectivity index (χ3v) is 13.4. The van der Waals surface area contributed by atoms with Crippen molar-refractivity contribution in [3.63, 3.8) is 0 Å². The number of ether oxygens (including phenoxy) is 3. The zero-order chi connectivity index (χ0) is 59.6. The number of carbonyl (C=O) groups excluding carboxylic acids is 7. The lowest BCUT2D eigenvalue weighted by atomic mass is 9.98. The van der Waals surface area contributed by atoms with Crippen LogP contribution in [0, 0.1) is 0 Å². The number of rotatable bonds is 21. The number of esters is 2. The summed E-state index contributed by atoms with van der Waals surface area (Å²) in [6.07, 6.45) is -5.31. The molecule has 1 aliphatic carbocycles. The average molecular weight is 1140 g/mol. The first kappa shape index (κ1) is 59.4. The molecule has 2 heterocycles. The largest absolute Gasteiger partial charge is 0.471 e. The Morgan fingerprint density at radius 1 is 0.759 bits per heavy atom. The number of alkyl carbamates (subject to hydrolysis) is 1. The summed E-state index contributed by atoms with van der Waals surface area (Å²) in [6.45, 7) is 4.06. The number of nitrogens with zero attached hydrogens (tertiary/aromatic N) is 4. The molecule has 5 amide bonds. The zero-order valence-corrected chi connectivity index (χ0v) is 45.5. The molecule has 7 N–H and O–H groups in total. The van der Waals surface area contributed by atoms with Gasteiger partial charge in [0.15, 0.2) is 11.2 Å². The van der Waals surface area contributed by atoms with Crippen LogP contribution in [-0.2, 0) is 51.1 Å². The number of carbonyl (C=O) groups is 7. The Labute approximate surface area is 472 Å². The van der Waals surface area contributed by atoms with E-state index in [4.69, 9.17) is 19.9 Å². The SMILES string of the molecule is COC(=O)[C@H](CCCCNC(=O)C[C@H](NC(=O)[C@H](Cc1ccc2ccccc2c1)NC(=O)OCC1c2ccccc2-c2ccccc21)C(=O)OC(C)(C)C)NC(=O)c1ccc(N(Cc2cnc3nc(N)[nH]c(=O)c3n2)C(=O)C(F)(F)F)cc1. The average Bonchev–Trinajstić information content (AvgIpc) is 3.32. The molecular formula is C59H59F3N10O11. The molecule has 0 radical (unpaired) electrons. The molecule has 83 heavy (non-hydrogen) atoms. The van der Waals surface area contributed by atoms with E-state index in [1.165, 1.54) is 0 Å². The lowest BCUT2D eigenvalue weighted by Crippen LogP contribution is -2.54. The predicted octanol–water partition coefficient (Wildman–Crippen LogP) is 6.47. The minimum absolute atomic E-state index is 0.00380. The molecule has 0 saturated carbocycles. The van der Waals surface area contributed by atoms with E-state index < -0.39 is 90.1 Å². The van der Waals surface area contributed by atoms with Gasteiger partial charge in [-0.1, -0.05) is 91.0 Å². The van der Waals surface area contributed by atoms with E-state index in [-0.39, 0.29) is 78.8 Å². The van der Waals surface area contributed by atoms with Crippen LogP contribution in [0.3, 0.4) is 0 Å². The molecule has 1 aliphatic rings. The Kier molecular flexibility index (Phi) is 18.5. The van der Waals surface area contributed by atoms with Gasteiger partial charge < -0.3 is 41.2 Å². The van der Waals surface area contributed by atoms with Crippen molar-refractivity contribution in [2.24, 2.45) is 0 Å². The van der Waals surface area contributed by atoms with Gasteiger partial charge in [-0.25, -0.2) is 24.4 Å². The van der Waals surface area contributed by atoms with Gasteiger partial charge in [-0.05, 0) is 103 Å². The smallest absolute Gasteiger partial charge is 0.467 e. The van der Waals surface area contributed by atoms with Gasteiger partial charge >= 0.3 is 30.1 Å². The highest BCUT2D eigenvalue weighted by molar-refractivity contribution is 6.00. The third-order valence-electron chi connectivity index (χ3n) is 13.4. The molecule has 0 bridgehead atoms. The van der Waals surface area contributed by atoms with Crippen molar-refractivity contribution < 1.29 is 60.9 Å². The minimum Gasteiger partial charge on any atom is -0.467 e. The molecular weight excluding hydrogens is 1080 g/mol. The number of methoxy groups -OCH3 is 1. The summed E-state index contributed by atoms with van der Waals surface area (Å²) in [5, 5.41) is 12.4. The van der Waals surface area contributed by atoms with E-state index in [2.05, 4.69) is 41.2 Å². The molecule has 0 saturated heterocycles. The lowest BCUT2D eigenvalue weighted by molar-refractivity contribution is -0.170. The molecule has 24 heteroatoms. The fraction of sp³-hybridized carbons (Fsp3) is 0.305.